The summed E-state index contributed by atoms with van der Waals surface area (Å²) in [6.45, 7) is 4.55. The van der Waals surface area contributed by atoms with Crippen LogP contribution in [0, 0.1) is 19.7 Å². The second-order valence-corrected chi connectivity index (χ2v) is 9.07. The summed E-state index contributed by atoms with van der Waals surface area (Å²) in [5.41, 5.74) is 2.64. The molecule has 3 aromatic rings. The van der Waals surface area contributed by atoms with Gasteiger partial charge in [0.1, 0.15) is 23.2 Å². The van der Waals surface area contributed by atoms with Crippen molar-refractivity contribution >= 4 is 40.2 Å². The van der Waals surface area contributed by atoms with Crippen LogP contribution >= 0.6 is 0 Å². The molecule has 0 aliphatic carbocycles. The molecule has 4 rings (SSSR count). The molecule has 3 atom stereocenters. The van der Waals surface area contributed by atoms with Crippen molar-refractivity contribution in [3.63, 3.8) is 0 Å². The molecule has 1 aromatic heterocycles. The maximum absolute atomic E-state index is 13.6. The third kappa shape index (κ3) is 4.64. The third-order valence-electron chi connectivity index (χ3n) is 5.86. The molecule has 1 aliphatic rings. The van der Waals surface area contributed by atoms with Crippen molar-refractivity contribution in [2.75, 3.05) is 16.3 Å². The maximum Gasteiger partial charge on any atom is 0.272 e. The number of carbonyl (C=O) groups excluding carboxylic acids is 2. The highest BCUT2D eigenvalue weighted by Crippen LogP contribution is 2.29. The van der Waals surface area contributed by atoms with Crippen molar-refractivity contribution in [3.8, 4) is 0 Å². The first-order valence-electron chi connectivity index (χ1n) is 10.9. The number of aliphatic imine (C=N–C) groups is 1. The van der Waals surface area contributed by atoms with Gasteiger partial charge < -0.3 is 14.7 Å². The molecule has 0 radical (unpaired) electrons. The van der Waals surface area contributed by atoms with Gasteiger partial charge >= 0.3 is 0 Å². The second kappa shape index (κ2) is 9.99. The molecule has 2 heterocycles. The zero-order valence-electron chi connectivity index (χ0n) is 19.9. The van der Waals surface area contributed by atoms with E-state index in [4.69, 9.17) is 4.52 Å². The van der Waals surface area contributed by atoms with Gasteiger partial charge in [0, 0.05) is 18.2 Å². The van der Waals surface area contributed by atoms with E-state index >= 15 is 0 Å². The Morgan fingerprint density at radius 2 is 1.89 bits per heavy atom. The number of carbonyl (C=O) groups is 2. The molecule has 0 fully saturated rings. The maximum atomic E-state index is 13.6. The smallest absolute Gasteiger partial charge is 0.272 e. The molecule has 0 saturated carbocycles. The molecule has 2 amide bonds. The van der Waals surface area contributed by atoms with Crippen LogP contribution in [0.2, 0.25) is 0 Å². The highest BCUT2D eigenvalue weighted by molar-refractivity contribution is 7.80. The Bertz CT molecular complexity index is 1350. The second-order valence-electron chi connectivity index (χ2n) is 8.22. The summed E-state index contributed by atoms with van der Waals surface area (Å²) in [5, 5.41) is 6.37. The minimum absolute atomic E-state index is 0.200. The molecule has 0 saturated heterocycles. The van der Waals surface area contributed by atoms with Crippen molar-refractivity contribution in [1.82, 2.24) is 10.5 Å². The number of nitrogens with one attached hydrogen (secondary N) is 1. The number of halogens is 1. The van der Waals surface area contributed by atoms with Crippen LogP contribution in [-0.2, 0) is 20.9 Å². The Hall–Kier alpha value is -3.90. The number of benzene rings is 2. The van der Waals surface area contributed by atoms with Crippen LogP contribution in [0.15, 0.2) is 58.0 Å². The van der Waals surface area contributed by atoms with E-state index < -0.39 is 41.1 Å². The Balaban J connectivity index is 1.72. The average molecular weight is 514 g/mol. The van der Waals surface area contributed by atoms with Gasteiger partial charge in [-0.25, -0.2) is 13.6 Å². The lowest BCUT2D eigenvalue weighted by Gasteiger charge is -2.27. The summed E-state index contributed by atoms with van der Waals surface area (Å²) in [6.07, 6.45) is -1.35. The fourth-order valence-corrected chi connectivity index (χ4v) is 4.80. The minimum Gasteiger partial charge on any atom is -0.359 e. The van der Waals surface area contributed by atoms with Gasteiger partial charge in [0.05, 0.1) is 11.4 Å². The summed E-state index contributed by atoms with van der Waals surface area (Å²) in [4.78, 5) is 32.5. The molecule has 2 N–H and O–H groups in total. The van der Waals surface area contributed by atoms with Crippen LogP contribution < -0.4 is 14.5 Å². The van der Waals surface area contributed by atoms with Crippen LogP contribution in [0.3, 0.4) is 0 Å². The van der Waals surface area contributed by atoms with Gasteiger partial charge in [-0.15, -0.1) is 0 Å². The lowest BCUT2D eigenvalue weighted by molar-refractivity contribution is -0.127. The average Bonchev–Trinajstić information content (AvgIpc) is 3.14. The van der Waals surface area contributed by atoms with Gasteiger partial charge in [-0.05, 0) is 51.1 Å². The molecule has 12 heteroatoms. The lowest BCUT2D eigenvalue weighted by Crippen LogP contribution is -2.53. The summed E-state index contributed by atoms with van der Waals surface area (Å²) in [7, 11) is 1.56. The van der Waals surface area contributed by atoms with Crippen LogP contribution in [0.5, 0.6) is 0 Å². The van der Waals surface area contributed by atoms with Crippen molar-refractivity contribution in [2.45, 2.75) is 33.0 Å². The van der Waals surface area contributed by atoms with E-state index in [1.165, 1.54) is 36.1 Å². The Morgan fingerprint density at radius 3 is 2.50 bits per heavy atom. The van der Waals surface area contributed by atoms with E-state index in [9.17, 15) is 22.7 Å². The molecule has 2 aromatic carbocycles. The summed E-state index contributed by atoms with van der Waals surface area (Å²) in [6, 6.07) is 11.5. The number of aryl methyl sites for hydroxylation is 2. The standard InChI is InChI=1S/C24H24FN5O5S/c1-13-21(15(3)35-28-13)30(36(33)34)14(2)23(31)27-22-24(32)29(4)19-8-6-5-7-18(19)20(26-22)16-9-11-17(25)12-10-16/h5-12,14,22H,1-4H3,(H,27,31)(H,33,34). The van der Waals surface area contributed by atoms with Crippen molar-refractivity contribution in [2.24, 2.45) is 4.99 Å². The highest BCUT2D eigenvalue weighted by atomic mass is 32.2. The summed E-state index contributed by atoms with van der Waals surface area (Å²) >= 11 is -2.60. The zero-order chi connectivity index (χ0) is 26.1. The normalized spacial score (nSPS) is 17.1. The lowest BCUT2D eigenvalue weighted by atomic mass is 10.0. The predicted octanol–water partition coefficient (Wildman–Crippen LogP) is 2.72. The Morgan fingerprint density at radius 1 is 1.22 bits per heavy atom. The van der Waals surface area contributed by atoms with Crippen LogP contribution in [0.1, 0.15) is 29.5 Å². The number of rotatable bonds is 6. The highest BCUT2D eigenvalue weighted by Gasteiger charge is 2.35. The Kier molecular flexibility index (Phi) is 7.00. The van der Waals surface area contributed by atoms with Gasteiger partial charge in [0.15, 0.2) is 5.76 Å². The Labute approximate surface area is 209 Å². The fraction of sp³-hybridized carbons (Fsp3) is 0.250. The third-order valence-corrected chi connectivity index (χ3v) is 6.69. The quantitative estimate of drug-likeness (QED) is 0.488. The molecule has 188 valence electrons. The number of anilines is 2. The van der Waals surface area contributed by atoms with Gasteiger partial charge in [-0.1, -0.05) is 23.4 Å². The SMILES string of the molecule is Cc1noc(C)c1N(C(C)C(=O)NC1N=C(c2ccc(F)cc2)c2ccccc2N(C)C1=O)S(=O)O. The largest absolute Gasteiger partial charge is 0.359 e. The van der Waals surface area contributed by atoms with E-state index in [-0.39, 0.29) is 11.4 Å². The van der Waals surface area contributed by atoms with E-state index in [2.05, 4.69) is 15.5 Å². The van der Waals surface area contributed by atoms with Gasteiger partial charge in [-0.2, -0.15) is 0 Å². The van der Waals surface area contributed by atoms with E-state index in [0.717, 1.165) is 4.31 Å². The predicted molar refractivity (Wildman–Crippen MR) is 133 cm³/mol. The number of nitrogens with zero attached hydrogens (tertiary/aromatic N) is 4. The number of benzodiazepines with no additional fused rings is 1. The first-order chi connectivity index (χ1) is 17.1. The van der Waals surface area contributed by atoms with Gasteiger partial charge in [-0.3, -0.25) is 18.4 Å². The number of likely N-dealkylation sites (N-methyl/N-ethyl adjacent to an activating group) is 1. The number of amides is 2. The van der Waals surface area contributed by atoms with Crippen LogP contribution in [-0.4, -0.2) is 50.7 Å². The molecule has 1 aliphatic heterocycles. The molecule has 36 heavy (non-hydrogen) atoms. The molecule has 0 spiro atoms. The number of para-hydroxylation sites is 1. The van der Waals surface area contributed by atoms with E-state index in [0.29, 0.717) is 28.2 Å². The van der Waals surface area contributed by atoms with Gasteiger partial charge in [0.25, 0.3) is 17.2 Å². The van der Waals surface area contributed by atoms with Crippen molar-refractivity contribution in [1.29, 1.82) is 0 Å². The summed E-state index contributed by atoms with van der Waals surface area (Å²) in [5.74, 6) is -1.41. The number of hydrogen-bond donors (Lipinski definition) is 2. The van der Waals surface area contributed by atoms with Crippen LogP contribution in [0.25, 0.3) is 0 Å². The van der Waals surface area contributed by atoms with E-state index in [1.807, 2.05) is 0 Å². The van der Waals surface area contributed by atoms with Crippen LogP contribution in [0.4, 0.5) is 15.8 Å². The monoisotopic (exact) mass is 513 g/mol. The molecular formula is C24H24FN5O5S. The number of fused-ring (bicyclic) bond motifs is 1. The fourth-order valence-electron chi connectivity index (χ4n) is 4.02. The topological polar surface area (TPSA) is 128 Å². The van der Waals surface area contributed by atoms with Crippen molar-refractivity contribution < 1.29 is 27.3 Å². The molecule has 10 nitrogen and oxygen atoms in total. The molecule has 3 unspecified atom stereocenters. The molecule has 0 bridgehead atoms. The molecular weight excluding hydrogens is 489 g/mol. The van der Waals surface area contributed by atoms with Crippen molar-refractivity contribution in [3.05, 3.63) is 76.9 Å². The zero-order valence-corrected chi connectivity index (χ0v) is 20.7. The summed E-state index contributed by atoms with van der Waals surface area (Å²) < 4.78 is 41.7. The number of hydrogen-bond acceptors (Lipinski definition) is 6. The first kappa shape index (κ1) is 25.2. The first-order valence-corrected chi connectivity index (χ1v) is 12.0. The minimum atomic E-state index is -2.60. The van der Waals surface area contributed by atoms with Gasteiger partial charge in [0.2, 0.25) is 12.1 Å². The van der Waals surface area contributed by atoms with E-state index in [1.54, 1.807) is 45.2 Å². The number of aromatic nitrogens is 1.